The quantitative estimate of drug-likeness (QED) is 0.139. The highest BCUT2D eigenvalue weighted by molar-refractivity contribution is 6.32. The minimum atomic E-state index is -0.287. The number of hydrogen-bond acceptors (Lipinski definition) is 4. The van der Waals surface area contributed by atoms with Crippen molar-refractivity contribution < 1.29 is 4.79 Å². The summed E-state index contributed by atoms with van der Waals surface area (Å²) in [5, 5.41) is 2.93. The van der Waals surface area contributed by atoms with Gasteiger partial charge in [-0.1, -0.05) is 80.6 Å². The summed E-state index contributed by atoms with van der Waals surface area (Å²) in [5.41, 5.74) is 10.9. The van der Waals surface area contributed by atoms with Gasteiger partial charge in [-0.2, -0.15) is 0 Å². The minimum Gasteiger partial charge on any atom is -0.366 e. The lowest BCUT2D eigenvalue weighted by Gasteiger charge is -2.35. The van der Waals surface area contributed by atoms with Crippen LogP contribution < -0.4 is 0 Å². The molecule has 1 amide bonds. The molecule has 238 valence electrons. The van der Waals surface area contributed by atoms with Gasteiger partial charge in [0, 0.05) is 36.7 Å². The number of benzene rings is 4. The smallest absolute Gasteiger partial charge is 0.210 e. The molecule has 2 N–H and O–H groups in total. The van der Waals surface area contributed by atoms with Gasteiger partial charge >= 0.3 is 0 Å². The lowest BCUT2D eigenvalue weighted by atomic mass is 9.83. The Labute approximate surface area is 280 Å². The van der Waals surface area contributed by atoms with E-state index in [1.807, 2.05) is 30.3 Å². The van der Waals surface area contributed by atoms with E-state index in [4.69, 9.17) is 21.6 Å². The summed E-state index contributed by atoms with van der Waals surface area (Å²) in [6.45, 7) is 9.98. The third-order valence-electron chi connectivity index (χ3n) is 9.36. The zero-order chi connectivity index (χ0) is 32.7. The fourth-order valence-electron chi connectivity index (χ4n) is 7.02. The van der Waals surface area contributed by atoms with Gasteiger partial charge in [0.1, 0.15) is 22.5 Å². The summed E-state index contributed by atoms with van der Waals surface area (Å²) >= 11 is 6.82. The first-order chi connectivity index (χ1) is 22.9. The third-order valence-corrected chi connectivity index (χ3v) is 9.64. The Morgan fingerprint density at radius 1 is 0.957 bits per heavy atom. The highest BCUT2D eigenvalue weighted by Crippen LogP contribution is 2.40. The number of aromatic nitrogens is 4. The van der Waals surface area contributed by atoms with E-state index in [9.17, 15) is 4.79 Å². The summed E-state index contributed by atoms with van der Waals surface area (Å²) in [5.74, 6) is 1.78. The van der Waals surface area contributed by atoms with Crippen LogP contribution in [-0.4, -0.2) is 49.7 Å². The molecule has 7 nitrogen and oxygen atoms in total. The Morgan fingerprint density at radius 2 is 1.74 bits per heavy atom. The van der Waals surface area contributed by atoms with Crippen LogP contribution in [0, 0.1) is 0 Å². The van der Waals surface area contributed by atoms with Gasteiger partial charge in [0.2, 0.25) is 6.41 Å². The van der Waals surface area contributed by atoms with Gasteiger partial charge in [-0.3, -0.25) is 4.79 Å². The van der Waals surface area contributed by atoms with Crippen LogP contribution in [0.5, 0.6) is 0 Å². The van der Waals surface area contributed by atoms with Crippen LogP contribution in [-0.2, 0) is 30.6 Å². The number of H-pyrrole nitrogens is 2. The topological polar surface area (TPSA) is 80.9 Å². The van der Waals surface area contributed by atoms with Crippen molar-refractivity contribution in [3.8, 4) is 22.4 Å². The van der Waals surface area contributed by atoms with E-state index in [1.54, 1.807) is 11.9 Å². The fourth-order valence-corrected chi connectivity index (χ4v) is 7.28. The monoisotopic (exact) mass is 642 g/mol. The minimum absolute atomic E-state index is 0.287. The average Bonchev–Trinajstić information content (AvgIpc) is 3.70. The van der Waals surface area contributed by atoms with E-state index in [0.717, 1.165) is 83.8 Å². The van der Waals surface area contributed by atoms with Crippen molar-refractivity contribution in [1.82, 2.24) is 29.7 Å². The molecule has 0 radical (unpaired) electrons. The van der Waals surface area contributed by atoms with Crippen molar-refractivity contribution in [3.05, 3.63) is 119 Å². The van der Waals surface area contributed by atoms with E-state index in [0.29, 0.717) is 11.7 Å². The Bertz CT molecular complexity index is 2110. The summed E-state index contributed by atoms with van der Waals surface area (Å²) < 4.78 is 0. The van der Waals surface area contributed by atoms with Crippen molar-refractivity contribution in [2.24, 2.45) is 0 Å². The maximum atomic E-state index is 11.9. The molecule has 0 aliphatic heterocycles. The normalized spacial score (nSPS) is 12.9. The third kappa shape index (κ3) is 5.69. The molecule has 2 heterocycles. The molecular formula is C39H39ClN6O. The van der Waals surface area contributed by atoms with Crippen LogP contribution in [0.2, 0.25) is 5.15 Å². The van der Waals surface area contributed by atoms with E-state index in [1.165, 1.54) is 33.0 Å². The van der Waals surface area contributed by atoms with Crippen LogP contribution in [0.1, 0.15) is 54.6 Å². The number of fused-ring (bicyclic) bond motifs is 6. The summed E-state index contributed by atoms with van der Waals surface area (Å²) in [6.07, 6.45) is 4.57. The summed E-state index contributed by atoms with van der Waals surface area (Å²) in [4.78, 5) is 32.4. The van der Waals surface area contributed by atoms with Crippen LogP contribution in [0.15, 0.2) is 85.1 Å². The number of nitrogens with one attached hydrogen (secondary N) is 2. The molecule has 0 saturated carbocycles. The fraction of sp³-hybridized carbons (Fsp3) is 0.256. The molecule has 0 fully saturated rings. The Kier molecular flexibility index (Phi) is 8.33. The van der Waals surface area contributed by atoms with Crippen molar-refractivity contribution in [2.45, 2.75) is 52.1 Å². The highest BCUT2D eigenvalue weighted by atomic mass is 35.5. The molecule has 4 aromatic carbocycles. The van der Waals surface area contributed by atoms with E-state index < -0.39 is 0 Å². The number of nitrogens with zero attached hydrogens (tertiary/aromatic N) is 4. The van der Waals surface area contributed by atoms with Gasteiger partial charge in [-0.05, 0) is 76.7 Å². The van der Waals surface area contributed by atoms with Crippen molar-refractivity contribution in [2.75, 3.05) is 13.6 Å². The summed E-state index contributed by atoms with van der Waals surface area (Å²) in [7, 11) is 1.79. The Hall–Kier alpha value is -4.88. The average molecular weight is 643 g/mol. The first-order valence-electron chi connectivity index (χ1n) is 16.4. The number of likely N-dealkylation sites (N-methyl/N-ethyl adjacent to an activating group) is 1. The van der Waals surface area contributed by atoms with Crippen LogP contribution >= 0.6 is 11.6 Å². The van der Waals surface area contributed by atoms with E-state index in [2.05, 4.69) is 77.8 Å². The zero-order valence-electron chi connectivity index (χ0n) is 27.1. The molecule has 6 aromatic rings. The van der Waals surface area contributed by atoms with Gasteiger partial charge in [-0.15, -0.1) is 0 Å². The van der Waals surface area contributed by atoms with Crippen LogP contribution in [0.3, 0.4) is 0 Å². The molecule has 0 bridgehead atoms. The second kappa shape index (κ2) is 12.7. The molecule has 7 rings (SSSR count). The van der Waals surface area contributed by atoms with Crippen molar-refractivity contribution in [1.29, 1.82) is 0 Å². The SMILES string of the molecule is C=C(C(c1ccccc1)N(C)C=O)N(CCC)Cc1nc(-c2ccc3c(c2)CCc2cc4c(ccc5[nH]c(CC)nc54)cc2-3)c(Cl)[nH]1. The number of aryl methyl sites for hydroxylation is 3. The lowest BCUT2D eigenvalue weighted by Crippen LogP contribution is -2.34. The van der Waals surface area contributed by atoms with Crippen molar-refractivity contribution in [3.63, 3.8) is 0 Å². The molecule has 0 spiro atoms. The van der Waals surface area contributed by atoms with Crippen LogP contribution in [0.25, 0.3) is 44.2 Å². The molecule has 1 aliphatic rings. The highest BCUT2D eigenvalue weighted by Gasteiger charge is 2.25. The molecule has 0 saturated heterocycles. The van der Waals surface area contributed by atoms with Gasteiger partial charge in [0.05, 0.1) is 23.6 Å². The first kappa shape index (κ1) is 30.8. The second-order valence-corrected chi connectivity index (χ2v) is 12.8. The van der Waals surface area contributed by atoms with Gasteiger partial charge in [0.15, 0.2) is 0 Å². The molecule has 1 atom stereocenters. The predicted octanol–water partition coefficient (Wildman–Crippen LogP) is 8.64. The number of halogens is 1. The largest absolute Gasteiger partial charge is 0.366 e. The maximum Gasteiger partial charge on any atom is 0.210 e. The molecular weight excluding hydrogens is 604 g/mol. The second-order valence-electron chi connectivity index (χ2n) is 12.4. The number of carbonyl (C=O) groups excluding carboxylic acids is 1. The number of carbonyl (C=O) groups is 1. The molecule has 1 unspecified atom stereocenters. The van der Waals surface area contributed by atoms with E-state index >= 15 is 0 Å². The number of amides is 1. The van der Waals surface area contributed by atoms with Gasteiger partial charge in [0.25, 0.3) is 0 Å². The summed E-state index contributed by atoms with van der Waals surface area (Å²) in [6, 6.07) is 25.3. The standard InChI is InChI=1S/C39H39ClN6O/c1-5-18-46(24(3)38(45(4)23-47)25-10-8-7-9-11-25)22-35-43-36(39(40)44-35)29-14-16-30-26(19-29)12-13-27-21-32-28(20-31(27)30)15-17-33-37(32)42-34(6-2)41-33/h7-11,14-17,19-21,23,38H,3,5-6,12-13,18,22H2,1-2,4H3,(H,41,42)(H,43,44). The molecule has 8 heteroatoms. The predicted molar refractivity (Wildman–Crippen MR) is 191 cm³/mol. The Morgan fingerprint density at radius 3 is 2.49 bits per heavy atom. The van der Waals surface area contributed by atoms with Crippen LogP contribution in [0.4, 0.5) is 0 Å². The number of rotatable bonds is 11. The zero-order valence-corrected chi connectivity index (χ0v) is 27.9. The van der Waals surface area contributed by atoms with Gasteiger partial charge in [-0.25, -0.2) is 9.97 Å². The first-order valence-corrected chi connectivity index (χ1v) is 16.7. The van der Waals surface area contributed by atoms with Gasteiger partial charge < -0.3 is 19.8 Å². The number of imidazole rings is 2. The lowest BCUT2D eigenvalue weighted by molar-refractivity contribution is -0.118. The number of hydrogen-bond donors (Lipinski definition) is 2. The Balaban J connectivity index is 1.17. The molecule has 47 heavy (non-hydrogen) atoms. The maximum absolute atomic E-state index is 11.9. The molecule has 1 aliphatic carbocycles. The molecule has 2 aromatic heterocycles. The van der Waals surface area contributed by atoms with Crippen molar-refractivity contribution >= 4 is 39.8 Å². The number of aromatic amines is 2. The van der Waals surface area contributed by atoms with E-state index in [-0.39, 0.29) is 6.04 Å².